The highest BCUT2D eigenvalue weighted by atomic mass is 19.4. The van der Waals surface area contributed by atoms with Crippen LogP contribution in [0.3, 0.4) is 0 Å². The van der Waals surface area contributed by atoms with Gasteiger partial charge in [-0.25, -0.2) is 4.79 Å². The second-order valence-electron chi connectivity index (χ2n) is 4.32. The van der Waals surface area contributed by atoms with E-state index in [0.29, 0.717) is 0 Å². The lowest BCUT2D eigenvalue weighted by Crippen LogP contribution is -2.44. The highest BCUT2D eigenvalue weighted by Crippen LogP contribution is 2.30. The minimum absolute atomic E-state index is 0.00244. The summed E-state index contributed by atoms with van der Waals surface area (Å²) in [6.07, 6.45) is -5.27. The van der Waals surface area contributed by atoms with E-state index in [1.165, 1.54) is 19.1 Å². The lowest BCUT2D eigenvalue weighted by molar-refractivity contribution is -0.137. The second kappa shape index (κ2) is 6.58. The molecule has 0 aromatic heterocycles. The van der Waals surface area contributed by atoms with Crippen molar-refractivity contribution in [1.82, 2.24) is 5.32 Å². The van der Waals surface area contributed by atoms with Gasteiger partial charge >= 0.3 is 12.2 Å². The number of nitrogens with one attached hydrogen (secondary N) is 2. The lowest BCUT2D eigenvalue weighted by atomic mass is 10.2. The van der Waals surface area contributed by atoms with E-state index in [0.717, 1.165) is 12.1 Å². The number of aliphatic hydroxyl groups excluding tert-OH is 1. The summed E-state index contributed by atoms with van der Waals surface area (Å²) in [7, 11) is 0. The number of anilines is 1. The molecule has 0 heterocycles. The summed E-state index contributed by atoms with van der Waals surface area (Å²) >= 11 is 0. The van der Waals surface area contributed by atoms with Crippen molar-refractivity contribution in [1.29, 1.82) is 0 Å². The quantitative estimate of drug-likeness (QED) is 0.678. The first-order valence-electron chi connectivity index (χ1n) is 5.86. The van der Waals surface area contributed by atoms with Crippen LogP contribution >= 0.6 is 0 Å². The van der Waals surface area contributed by atoms with Crippen molar-refractivity contribution in [2.24, 2.45) is 5.73 Å². The van der Waals surface area contributed by atoms with Gasteiger partial charge in [-0.05, 0) is 25.1 Å². The topological polar surface area (TPSA) is 87.4 Å². The summed E-state index contributed by atoms with van der Waals surface area (Å²) in [4.78, 5) is 11.5. The number of aliphatic hydroxyl groups is 1. The molecule has 0 radical (unpaired) electrons. The van der Waals surface area contributed by atoms with Gasteiger partial charge in [-0.2, -0.15) is 13.2 Å². The van der Waals surface area contributed by atoms with Gasteiger partial charge in [0.15, 0.2) is 0 Å². The Hall–Kier alpha value is -1.80. The Morgan fingerprint density at radius 3 is 2.65 bits per heavy atom. The number of carbonyl (C=O) groups is 1. The van der Waals surface area contributed by atoms with Crippen molar-refractivity contribution in [3.8, 4) is 0 Å². The van der Waals surface area contributed by atoms with Crippen molar-refractivity contribution in [3.05, 3.63) is 29.8 Å². The monoisotopic (exact) mass is 291 g/mol. The molecule has 0 spiro atoms. The Morgan fingerprint density at radius 1 is 1.45 bits per heavy atom. The first kappa shape index (κ1) is 16.3. The molecule has 8 heteroatoms. The SMILES string of the molecule is CC(O)C(N)CNC(=O)Nc1cccc(C(F)(F)F)c1. The van der Waals surface area contributed by atoms with Crippen molar-refractivity contribution in [2.45, 2.75) is 25.2 Å². The van der Waals surface area contributed by atoms with Gasteiger partial charge < -0.3 is 21.5 Å². The number of rotatable bonds is 4. The van der Waals surface area contributed by atoms with E-state index in [-0.39, 0.29) is 12.2 Å². The molecule has 5 nitrogen and oxygen atoms in total. The summed E-state index contributed by atoms with van der Waals surface area (Å²) in [5, 5.41) is 13.7. The number of amides is 2. The molecule has 0 aliphatic heterocycles. The van der Waals surface area contributed by atoms with E-state index in [2.05, 4.69) is 10.6 Å². The van der Waals surface area contributed by atoms with Crippen LogP contribution < -0.4 is 16.4 Å². The zero-order chi connectivity index (χ0) is 15.3. The Labute approximate surface area is 114 Å². The number of benzene rings is 1. The average molecular weight is 291 g/mol. The fraction of sp³-hybridized carbons (Fsp3) is 0.417. The van der Waals surface area contributed by atoms with Gasteiger partial charge in [0.2, 0.25) is 0 Å². The first-order valence-corrected chi connectivity index (χ1v) is 5.86. The number of hydrogen-bond donors (Lipinski definition) is 4. The van der Waals surface area contributed by atoms with E-state index in [1.54, 1.807) is 0 Å². The van der Waals surface area contributed by atoms with Crippen LogP contribution in [0.1, 0.15) is 12.5 Å². The van der Waals surface area contributed by atoms with Crippen molar-refractivity contribution >= 4 is 11.7 Å². The number of hydrogen-bond acceptors (Lipinski definition) is 3. The molecular formula is C12H16F3N3O2. The molecule has 0 bridgehead atoms. The minimum atomic E-state index is -4.47. The summed E-state index contributed by atoms with van der Waals surface area (Å²) in [5.74, 6) is 0. The molecule has 0 saturated carbocycles. The van der Waals surface area contributed by atoms with Crippen LogP contribution in [0.5, 0.6) is 0 Å². The fourth-order valence-electron chi connectivity index (χ4n) is 1.33. The molecule has 1 aromatic rings. The number of carbonyl (C=O) groups excluding carboxylic acids is 1. The zero-order valence-corrected chi connectivity index (χ0v) is 10.7. The smallest absolute Gasteiger partial charge is 0.392 e. The van der Waals surface area contributed by atoms with Gasteiger partial charge in [0, 0.05) is 18.3 Å². The Balaban J connectivity index is 2.58. The molecule has 1 rings (SSSR count). The zero-order valence-electron chi connectivity index (χ0n) is 10.7. The maximum absolute atomic E-state index is 12.5. The largest absolute Gasteiger partial charge is 0.416 e. The molecule has 2 atom stereocenters. The van der Waals surface area contributed by atoms with Crippen LogP contribution in [0.4, 0.5) is 23.7 Å². The summed E-state index contributed by atoms with van der Waals surface area (Å²) in [6.45, 7) is 1.47. The first-order chi connectivity index (χ1) is 9.20. The summed E-state index contributed by atoms with van der Waals surface area (Å²) < 4.78 is 37.4. The third kappa shape index (κ3) is 5.06. The molecule has 2 amide bonds. The van der Waals surface area contributed by atoms with Gasteiger partial charge in [0.25, 0.3) is 0 Å². The Bertz CT molecular complexity index is 464. The van der Waals surface area contributed by atoms with Crippen LogP contribution in [-0.2, 0) is 6.18 Å². The highest BCUT2D eigenvalue weighted by Gasteiger charge is 2.30. The summed E-state index contributed by atoms with van der Waals surface area (Å²) in [5.41, 5.74) is 4.66. The molecule has 1 aromatic carbocycles. The van der Waals surface area contributed by atoms with Crippen molar-refractivity contribution in [3.63, 3.8) is 0 Å². The molecule has 112 valence electrons. The number of alkyl halides is 3. The fourth-order valence-corrected chi connectivity index (χ4v) is 1.33. The molecule has 0 fully saturated rings. The molecular weight excluding hydrogens is 275 g/mol. The van der Waals surface area contributed by atoms with E-state index in [4.69, 9.17) is 10.8 Å². The van der Waals surface area contributed by atoms with E-state index in [1.807, 2.05) is 0 Å². The van der Waals surface area contributed by atoms with Gasteiger partial charge in [0.1, 0.15) is 0 Å². The maximum Gasteiger partial charge on any atom is 0.416 e. The van der Waals surface area contributed by atoms with Crippen LogP contribution in [0, 0.1) is 0 Å². The van der Waals surface area contributed by atoms with Crippen LogP contribution in [0.25, 0.3) is 0 Å². The van der Waals surface area contributed by atoms with E-state index in [9.17, 15) is 18.0 Å². The van der Waals surface area contributed by atoms with Gasteiger partial charge in [-0.3, -0.25) is 0 Å². The second-order valence-corrected chi connectivity index (χ2v) is 4.32. The van der Waals surface area contributed by atoms with Gasteiger partial charge in [-0.15, -0.1) is 0 Å². The highest BCUT2D eigenvalue weighted by molar-refractivity contribution is 5.89. The normalized spacial score (nSPS) is 14.5. The molecule has 0 saturated heterocycles. The van der Waals surface area contributed by atoms with Crippen molar-refractivity contribution < 1.29 is 23.1 Å². The lowest BCUT2D eigenvalue weighted by Gasteiger charge is -2.16. The Morgan fingerprint density at radius 2 is 2.10 bits per heavy atom. The van der Waals surface area contributed by atoms with Gasteiger partial charge in [0.05, 0.1) is 11.7 Å². The summed E-state index contributed by atoms with van der Waals surface area (Å²) in [6, 6.07) is 2.92. The number of halogens is 3. The van der Waals surface area contributed by atoms with Crippen LogP contribution in [-0.4, -0.2) is 29.8 Å². The third-order valence-corrected chi connectivity index (χ3v) is 2.57. The van der Waals surface area contributed by atoms with E-state index >= 15 is 0 Å². The van der Waals surface area contributed by atoms with Crippen LogP contribution in [0.15, 0.2) is 24.3 Å². The predicted molar refractivity (Wildman–Crippen MR) is 68.1 cm³/mol. The average Bonchev–Trinajstić information content (AvgIpc) is 2.35. The molecule has 20 heavy (non-hydrogen) atoms. The minimum Gasteiger partial charge on any atom is -0.392 e. The molecule has 0 aliphatic carbocycles. The maximum atomic E-state index is 12.5. The number of nitrogens with two attached hydrogens (primary N) is 1. The molecule has 2 unspecified atom stereocenters. The van der Waals surface area contributed by atoms with Crippen LogP contribution in [0.2, 0.25) is 0 Å². The van der Waals surface area contributed by atoms with E-state index < -0.39 is 29.9 Å². The predicted octanol–water partition coefficient (Wildman–Crippen LogP) is 1.54. The standard InChI is InChI=1S/C12H16F3N3O2/c1-7(19)10(16)6-17-11(20)18-9-4-2-3-8(5-9)12(13,14)15/h2-5,7,10,19H,6,16H2,1H3,(H2,17,18,20). The van der Waals surface area contributed by atoms with Crippen molar-refractivity contribution in [2.75, 3.05) is 11.9 Å². The number of urea groups is 1. The Kier molecular flexibility index (Phi) is 5.34. The van der Waals surface area contributed by atoms with Gasteiger partial charge in [-0.1, -0.05) is 6.07 Å². The molecule has 0 aliphatic rings. The molecule has 5 N–H and O–H groups in total. The third-order valence-electron chi connectivity index (χ3n) is 2.57.